The van der Waals surface area contributed by atoms with Crippen LogP contribution in [0.4, 0.5) is 29.3 Å². The van der Waals surface area contributed by atoms with Crippen molar-refractivity contribution in [2.24, 2.45) is 0 Å². The quantitative estimate of drug-likeness (QED) is 0.875. The number of nitrogens with one attached hydrogen (secondary N) is 2. The maximum absolute atomic E-state index is 11.9. The minimum absolute atomic E-state index is 0.148. The normalized spacial score (nSPS) is 10.9. The molecule has 0 fully saturated rings. The Kier molecular flexibility index (Phi) is 5.97. The Balaban J connectivity index is 2.56. The number of alkyl halides is 3. The van der Waals surface area contributed by atoms with Crippen LogP contribution in [0.25, 0.3) is 0 Å². The van der Waals surface area contributed by atoms with Gasteiger partial charge in [-0.05, 0) is 18.2 Å². The van der Waals surface area contributed by atoms with Crippen molar-refractivity contribution < 1.29 is 32.2 Å². The molecule has 0 spiro atoms. The Morgan fingerprint density at radius 2 is 1.81 bits per heavy atom. The highest BCUT2D eigenvalue weighted by molar-refractivity contribution is 5.93. The minimum Gasteiger partial charge on any atom is -0.440 e. The summed E-state index contributed by atoms with van der Waals surface area (Å²) in [5, 5.41) is 4.59. The largest absolute Gasteiger partial charge is 0.440 e. The molecule has 9 heteroatoms. The molecule has 0 saturated heterocycles. The van der Waals surface area contributed by atoms with Gasteiger partial charge in [-0.2, -0.15) is 13.2 Å². The van der Waals surface area contributed by atoms with Crippen molar-refractivity contribution in [1.82, 2.24) is 0 Å². The van der Waals surface area contributed by atoms with E-state index < -0.39 is 24.8 Å². The molecule has 0 radical (unpaired) electrons. The molecule has 0 aromatic heterocycles. The number of hydrogen-bond acceptors (Lipinski definition) is 4. The Bertz CT molecular complexity index is 506. The second-order valence-corrected chi connectivity index (χ2v) is 3.88. The molecule has 0 bridgehead atoms. The Morgan fingerprint density at radius 3 is 2.38 bits per heavy atom. The van der Waals surface area contributed by atoms with Crippen molar-refractivity contribution in [3.05, 3.63) is 24.3 Å². The van der Waals surface area contributed by atoms with Gasteiger partial charge in [0.1, 0.15) is 6.61 Å². The summed E-state index contributed by atoms with van der Waals surface area (Å²) in [4.78, 5) is 22.4. The molecule has 0 aliphatic rings. The third-order valence-corrected chi connectivity index (χ3v) is 2.04. The van der Waals surface area contributed by atoms with Crippen molar-refractivity contribution in [3.8, 4) is 0 Å². The molecule has 0 aliphatic carbocycles. The van der Waals surface area contributed by atoms with E-state index in [0.717, 1.165) is 0 Å². The first-order valence-electron chi connectivity index (χ1n) is 5.69. The number of carbonyl (C=O) groups excluding carboxylic acids is 2. The van der Waals surface area contributed by atoms with E-state index in [1.54, 1.807) is 6.07 Å². The third-order valence-electron chi connectivity index (χ3n) is 2.04. The van der Waals surface area contributed by atoms with Crippen LogP contribution in [0.3, 0.4) is 0 Å². The van der Waals surface area contributed by atoms with E-state index in [1.807, 2.05) is 0 Å². The van der Waals surface area contributed by atoms with Gasteiger partial charge in [-0.15, -0.1) is 0 Å². The highest BCUT2D eigenvalue weighted by Crippen LogP contribution is 2.17. The smallest absolute Gasteiger partial charge is 0.422 e. The number of methoxy groups -OCH3 is 1. The number of rotatable bonds is 5. The van der Waals surface area contributed by atoms with E-state index in [1.165, 1.54) is 25.3 Å². The number of carbonyl (C=O) groups is 2. The first kappa shape index (κ1) is 16.8. The summed E-state index contributed by atoms with van der Waals surface area (Å²) in [6.45, 7) is -1.83. The average Bonchev–Trinajstić information content (AvgIpc) is 2.36. The first-order valence-corrected chi connectivity index (χ1v) is 5.69. The fourth-order valence-corrected chi connectivity index (χ4v) is 1.30. The second-order valence-electron chi connectivity index (χ2n) is 3.88. The summed E-state index contributed by atoms with van der Waals surface area (Å²) >= 11 is 0. The lowest BCUT2D eigenvalue weighted by atomic mass is 10.3. The molecule has 21 heavy (non-hydrogen) atoms. The number of halogens is 3. The first-order chi connectivity index (χ1) is 9.80. The third kappa shape index (κ3) is 7.16. The van der Waals surface area contributed by atoms with Gasteiger partial charge in [-0.1, -0.05) is 6.07 Å². The molecule has 0 heterocycles. The Morgan fingerprint density at radius 1 is 1.19 bits per heavy atom. The maximum atomic E-state index is 11.9. The second kappa shape index (κ2) is 7.48. The van der Waals surface area contributed by atoms with Gasteiger partial charge < -0.3 is 14.8 Å². The van der Waals surface area contributed by atoms with Crippen LogP contribution < -0.4 is 10.6 Å². The van der Waals surface area contributed by atoms with Gasteiger partial charge in [-0.25, -0.2) is 4.79 Å². The van der Waals surface area contributed by atoms with Gasteiger partial charge in [0.25, 0.3) is 0 Å². The number of ether oxygens (including phenoxy) is 2. The molecule has 1 aromatic carbocycles. The lowest BCUT2D eigenvalue weighted by molar-refractivity contribution is -0.159. The molecular formula is C12H13F3N2O4. The van der Waals surface area contributed by atoms with Crippen LogP contribution in [0.5, 0.6) is 0 Å². The molecule has 1 aromatic rings. The number of anilines is 2. The Labute approximate surface area is 118 Å². The summed E-state index contributed by atoms with van der Waals surface area (Å²) in [6, 6.07) is 5.84. The number of amides is 2. The van der Waals surface area contributed by atoms with Crippen molar-refractivity contribution in [3.63, 3.8) is 0 Å². The van der Waals surface area contributed by atoms with Crippen LogP contribution in [-0.4, -0.2) is 38.5 Å². The van der Waals surface area contributed by atoms with E-state index in [2.05, 4.69) is 20.1 Å². The highest BCUT2D eigenvalue weighted by Gasteiger charge is 2.29. The van der Waals surface area contributed by atoms with Gasteiger partial charge in [0.2, 0.25) is 5.91 Å². The lowest BCUT2D eigenvalue weighted by Gasteiger charge is -2.10. The van der Waals surface area contributed by atoms with Crippen LogP contribution in [0.15, 0.2) is 24.3 Å². The van der Waals surface area contributed by atoms with Gasteiger partial charge in [0.15, 0.2) is 6.61 Å². The number of benzene rings is 1. The fourth-order valence-electron chi connectivity index (χ4n) is 1.30. The topological polar surface area (TPSA) is 76.7 Å². The fraction of sp³-hybridized carbons (Fsp3) is 0.333. The van der Waals surface area contributed by atoms with Gasteiger partial charge in [0.05, 0.1) is 0 Å². The zero-order valence-electron chi connectivity index (χ0n) is 11.0. The Hall–Kier alpha value is -2.29. The maximum Gasteiger partial charge on any atom is 0.422 e. The molecule has 0 aliphatic heterocycles. The molecule has 2 amide bonds. The van der Waals surface area contributed by atoms with E-state index in [0.29, 0.717) is 5.69 Å². The van der Waals surface area contributed by atoms with Crippen molar-refractivity contribution in [2.75, 3.05) is 31.0 Å². The zero-order valence-corrected chi connectivity index (χ0v) is 11.0. The highest BCUT2D eigenvalue weighted by atomic mass is 19.4. The zero-order chi connectivity index (χ0) is 15.9. The number of hydrogen-bond donors (Lipinski definition) is 2. The SMILES string of the molecule is COCC(=O)Nc1cccc(NC(=O)OCC(F)(F)F)c1. The molecule has 116 valence electrons. The molecule has 0 saturated carbocycles. The summed E-state index contributed by atoms with van der Waals surface area (Å²) in [5.74, 6) is -0.408. The van der Waals surface area contributed by atoms with Crippen LogP contribution in [0.2, 0.25) is 0 Å². The van der Waals surface area contributed by atoms with Crippen molar-refractivity contribution in [1.29, 1.82) is 0 Å². The summed E-state index contributed by atoms with van der Waals surface area (Å²) in [5.41, 5.74) is 0.531. The molecule has 0 atom stereocenters. The minimum atomic E-state index is -4.59. The van der Waals surface area contributed by atoms with E-state index in [-0.39, 0.29) is 12.3 Å². The van der Waals surface area contributed by atoms with Gasteiger partial charge in [0, 0.05) is 18.5 Å². The average molecular weight is 306 g/mol. The van der Waals surface area contributed by atoms with E-state index in [9.17, 15) is 22.8 Å². The van der Waals surface area contributed by atoms with Crippen LogP contribution in [0.1, 0.15) is 0 Å². The lowest BCUT2D eigenvalue weighted by Crippen LogP contribution is -2.23. The van der Waals surface area contributed by atoms with Crippen LogP contribution in [-0.2, 0) is 14.3 Å². The standard InChI is InChI=1S/C12H13F3N2O4/c1-20-6-10(18)16-8-3-2-4-9(5-8)17-11(19)21-7-12(13,14)15/h2-5H,6-7H2,1H3,(H,16,18)(H,17,19). The van der Waals surface area contributed by atoms with Crippen LogP contribution >= 0.6 is 0 Å². The molecular weight excluding hydrogens is 293 g/mol. The monoisotopic (exact) mass is 306 g/mol. The summed E-state index contributed by atoms with van der Waals surface area (Å²) < 4.78 is 44.2. The van der Waals surface area contributed by atoms with Gasteiger partial charge in [-0.3, -0.25) is 10.1 Å². The summed E-state index contributed by atoms with van der Waals surface area (Å²) in [6.07, 6.45) is -5.83. The van der Waals surface area contributed by atoms with Crippen LogP contribution in [0, 0.1) is 0 Å². The molecule has 0 unspecified atom stereocenters. The van der Waals surface area contributed by atoms with Crippen molar-refractivity contribution in [2.45, 2.75) is 6.18 Å². The predicted octanol–water partition coefficient (Wildman–Crippen LogP) is 2.38. The van der Waals surface area contributed by atoms with Gasteiger partial charge >= 0.3 is 12.3 Å². The molecule has 2 N–H and O–H groups in total. The molecule has 6 nitrogen and oxygen atoms in total. The van der Waals surface area contributed by atoms with Crippen molar-refractivity contribution >= 4 is 23.4 Å². The van der Waals surface area contributed by atoms with E-state index >= 15 is 0 Å². The predicted molar refractivity (Wildman–Crippen MR) is 68.0 cm³/mol. The summed E-state index contributed by atoms with van der Waals surface area (Å²) in [7, 11) is 1.36. The molecule has 1 rings (SSSR count). The van der Waals surface area contributed by atoms with E-state index in [4.69, 9.17) is 0 Å².